The summed E-state index contributed by atoms with van der Waals surface area (Å²) in [4.78, 5) is 24.6. The first-order chi connectivity index (χ1) is 9.08. The Balaban J connectivity index is 2.00. The summed E-state index contributed by atoms with van der Waals surface area (Å²) in [5.41, 5.74) is 5.36. The molecule has 2 rings (SSSR count). The average molecular weight is 265 g/mol. The predicted octanol–water partition coefficient (Wildman–Crippen LogP) is 1.55. The average Bonchev–Trinajstić information content (AvgIpc) is 2.41. The number of carbonyl (C=O) groups excluding carboxylic acids is 2. The Morgan fingerprint density at radius 1 is 1.37 bits per heavy atom. The highest BCUT2D eigenvalue weighted by atomic mass is 19.1. The number of hydrogen-bond donors (Lipinski definition) is 2. The number of halogens is 1. The van der Waals surface area contributed by atoms with Crippen LogP contribution >= 0.6 is 0 Å². The van der Waals surface area contributed by atoms with E-state index in [1.165, 1.54) is 17.0 Å². The summed E-state index contributed by atoms with van der Waals surface area (Å²) in [5, 5.41) is 2.55. The van der Waals surface area contributed by atoms with Crippen LogP contribution in [0.3, 0.4) is 0 Å². The number of nitrogens with one attached hydrogen (secondary N) is 1. The van der Waals surface area contributed by atoms with Crippen LogP contribution in [0.5, 0.6) is 0 Å². The van der Waals surface area contributed by atoms with E-state index in [-0.39, 0.29) is 24.1 Å². The van der Waals surface area contributed by atoms with Crippen molar-refractivity contribution < 1.29 is 14.0 Å². The second-order valence-electron chi connectivity index (χ2n) is 4.59. The van der Waals surface area contributed by atoms with Gasteiger partial charge in [-0.2, -0.15) is 0 Å². The predicted molar refractivity (Wildman–Crippen MR) is 68.9 cm³/mol. The maximum absolute atomic E-state index is 13.4. The number of piperidine rings is 1. The van der Waals surface area contributed by atoms with Crippen molar-refractivity contribution >= 4 is 17.6 Å². The number of benzene rings is 1. The van der Waals surface area contributed by atoms with Crippen molar-refractivity contribution in [2.75, 3.05) is 18.4 Å². The maximum Gasteiger partial charge on any atom is 0.314 e. The molecule has 3 N–H and O–H groups in total. The Bertz CT molecular complexity index is 493. The molecule has 1 saturated heterocycles. The Morgan fingerprint density at radius 3 is 2.79 bits per heavy atom. The lowest BCUT2D eigenvalue weighted by atomic mass is 9.97. The lowest BCUT2D eigenvalue weighted by molar-refractivity contribution is -0.121. The van der Waals surface area contributed by atoms with Crippen molar-refractivity contribution in [1.82, 2.24) is 4.90 Å². The van der Waals surface area contributed by atoms with Gasteiger partial charge in [0.1, 0.15) is 5.82 Å². The number of primary amides is 1. The zero-order chi connectivity index (χ0) is 13.8. The van der Waals surface area contributed by atoms with Gasteiger partial charge in [0.15, 0.2) is 0 Å². The molecule has 0 radical (unpaired) electrons. The number of nitrogens with zero attached hydrogens (tertiary/aromatic N) is 1. The largest absolute Gasteiger partial charge is 0.351 e. The molecule has 0 spiro atoms. The molecular formula is C13H16FN3O2. The highest BCUT2D eigenvalue weighted by Crippen LogP contribution is 2.19. The zero-order valence-electron chi connectivity index (χ0n) is 10.4. The molecule has 1 aromatic carbocycles. The number of urea groups is 1. The number of para-hydroxylation sites is 1. The van der Waals surface area contributed by atoms with Gasteiger partial charge in [-0.05, 0) is 25.0 Å². The number of nitrogens with two attached hydrogens (primary N) is 1. The van der Waals surface area contributed by atoms with Crippen LogP contribution in [0.25, 0.3) is 0 Å². The molecule has 1 atom stereocenters. The van der Waals surface area contributed by atoms with Gasteiger partial charge < -0.3 is 16.0 Å². The van der Waals surface area contributed by atoms with Crippen LogP contribution < -0.4 is 11.1 Å². The molecule has 0 unspecified atom stereocenters. The van der Waals surface area contributed by atoms with Gasteiger partial charge in [-0.25, -0.2) is 9.18 Å². The van der Waals surface area contributed by atoms with E-state index in [0.717, 1.165) is 6.42 Å². The summed E-state index contributed by atoms with van der Waals surface area (Å²) < 4.78 is 13.4. The topological polar surface area (TPSA) is 75.4 Å². The first-order valence-electron chi connectivity index (χ1n) is 6.17. The number of likely N-dealkylation sites (tertiary alicyclic amines) is 1. The fraction of sp³-hybridized carbons (Fsp3) is 0.385. The zero-order valence-corrected chi connectivity index (χ0v) is 10.4. The highest BCUT2D eigenvalue weighted by molar-refractivity contribution is 5.93. The molecule has 6 heteroatoms. The molecule has 1 fully saturated rings. The molecule has 1 aliphatic heterocycles. The van der Waals surface area contributed by atoms with Crippen molar-refractivity contribution in [1.29, 1.82) is 0 Å². The molecular weight excluding hydrogens is 249 g/mol. The van der Waals surface area contributed by atoms with E-state index in [1.807, 2.05) is 0 Å². The summed E-state index contributed by atoms with van der Waals surface area (Å²) in [5.74, 6) is -1.10. The summed E-state index contributed by atoms with van der Waals surface area (Å²) in [7, 11) is 0. The summed E-state index contributed by atoms with van der Waals surface area (Å²) in [6, 6.07) is 5.47. The van der Waals surface area contributed by atoms with Crippen molar-refractivity contribution in [3.8, 4) is 0 Å². The third-order valence-electron chi connectivity index (χ3n) is 3.24. The molecule has 5 nitrogen and oxygen atoms in total. The number of carbonyl (C=O) groups is 2. The van der Waals surface area contributed by atoms with E-state index in [1.54, 1.807) is 12.1 Å². The Morgan fingerprint density at radius 2 is 2.11 bits per heavy atom. The second-order valence-corrected chi connectivity index (χ2v) is 4.59. The lowest BCUT2D eigenvalue weighted by Gasteiger charge is -2.30. The van der Waals surface area contributed by atoms with Gasteiger partial charge in [0.25, 0.3) is 0 Å². The number of anilines is 1. The summed E-state index contributed by atoms with van der Waals surface area (Å²) >= 11 is 0. The summed E-state index contributed by atoms with van der Waals surface area (Å²) in [6.07, 6.45) is 1.39. The minimum absolute atomic E-state index is 0.156. The van der Waals surface area contributed by atoms with Crippen molar-refractivity contribution in [2.24, 2.45) is 11.7 Å². The number of amides is 3. The molecule has 0 aliphatic carbocycles. The van der Waals surface area contributed by atoms with E-state index in [2.05, 4.69) is 5.32 Å². The van der Waals surface area contributed by atoms with Gasteiger partial charge in [-0.3, -0.25) is 4.79 Å². The van der Waals surface area contributed by atoms with Crippen molar-refractivity contribution in [3.05, 3.63) is 30.1 Å². The first kappa shape index (κ1) is 13.3. The van der Waals surface area contributed by atoms with Crippen LogP contribution in [0.15, 0.2) is 24.3 Å². The van der Waals surface area contributed by atoms with Crippen LogP contribution in [0.4, 0.5) is 14.9 Å². The molecule has 102 valence electrons. The molecule has 0 aromatic heterocycles. The smallest absolute Gasteiger partial charge is 0.314 e. The van der Waals surface area contributed by atoms with Crippen LogP contribution in [0.2, 0.25) is 0 Å². The van der Waals surface area contributed by atoms with E-state index in [9.17, 15) is 14.0 Å². The molecule has 0 bridgehead atoms. The molecule has 1 aliphatic rings. The van der Waals surface area contributed by atoms with Crippen molar-refractivity contribution in [2.45, 2.75) is 12.8 Å². The molecule has 0 saturated carbocycles. The monoisotopic (exact) mass is 265 g/mol. The second kappa shape index (κ2) is 5.69. The van der Waals surface area contributed by atoms with Crippen LogP contribution in [0.1, 0.15) is 12.8 Å². The van der Waals surface area contributed by atoms with Gasteiger partial charge in [-0.1, -0.05) is 12.1 Å². The Kier molecular flexibility index (Phi) is 3.99. The van der Waals surface area contributed by atoms with Gasteiger partial charge in [0.2, 0.25) is 5.91 Å². The lowest BCUT2D eigenvalue weighted by Crippen LogP contribution is -2.46. The fourth-order valence-corrected chi connectivity index (χ4v) is 2.19. The van der Waals surface area contributed by atoms with Gasteiger partial charge in [-0.15, -0.1) is 0 Å². The fourth-order valence-electron chi connectivity index (χ4n) is 2.19. The molecule has 1 heterocycles. The van der Waals surface area contributed by atoms with Crippen LogP contribution in [-0.2, 0) is 4.79 Å². The van der Waals surface area contributed by atoms with Gasteiger partial charge in [0.05, 0.1) is 11.6 Å². The van der Waals surface area contributed by atoms with Crippen LogP contribution in [-0.4, -0.2) is 29.9 Å². The minimum atomic E-state index is -0.525. The van der Waals surface area contributed by atoms with E-state index < -0.39 is 11.8 Å². The van der Waals surface area contributed by atoms with E-state index >= 15 is 0 Å². The normalized spacial score (nSPS) is 19.0. The first-order valence-corrected chi connectivity index (χ1v) is 6.17. The van der Waals surface area contributed by atoms with E-state index in [0.29, 0.717) is 13.0 Å². The maximum atomic E-state index is 13.4. The third-order valence-corrected chi connectivity index (χ3v) is 3.24. The quantitative estimate of drug-likeness (QED) is 0.851. The van der Waals surface area contributed by atoms with E-state index in [4.69, 9.17) is 5.73 Å². The standard InChI is InChI=1S/C13H16FN3O2/c14-10-5-1-2-6-11(10)16-12(18)9-4-3-7-17(8-9)13(15)19/h1-2,5-6,9H,3-4,7-8H2,(H2,15,19)(H,16,18)/t9-/m0/s1. The highest BCUT2D eigenvalue weighted by Gasteiger charge is 2.27. The molecule has 1 aromatic rings. The van der Waals surface area contributed by atoms with Crippen molar-refractivity contribution in [3.63, 3.8) is 0 Å². The number of rotatable bonds is 2. The number of hydrogen-bond acceptors (Lipinski definition) is 2. The Labute approximate surface area is 110 Å². The third kappa shape index (κ3) is 3.21. The molecule has 3 amide bonds. The SMILES string of the molecule is NC(=O)N1CCC[C@H](C(=O)Nc2ccccc2F)C1. The summed E-state index contributed by atoms with van der Waals surface area (Å²) in [6.45, 7) is 0.856. The molecule has 19 heavy (non-hydrogen) atoms. The minimum Gasteiger partial charge on any atom is -0.351 e. The van der Waals surface area contributed by atoms with Gasteiger partial charge >= 0.3 is 6.03 Å². The Hall–Kier alpha value is -2.11. The van der Waals surface area contributed by atoms with Crippen LogP contribution in [0, 0.1) is 11.7 Å². The van der Waals surface area contributed by atoms with Gasteiger partial charge in [0, 0.05) is 13.1 Å².